The number of allylic oxidation sites excluding steroid dienone is 3. The molecule has 2 N–H and O–H groups in total. The van der Waals surface area contributed by atoms with Crippen LogP contribution in [0, 0.1) is 0 Å². The first-order valence-corrected chi connectivity index (χ1v) is 6.00. The van der Waals surface area contributed by atoms with Gasteiger partial charge in [-0.15, -0.1) is 0 Å². The maximum Gasteiger partial charge on any atom is 0.312 e. The third kappa shape index (κ3) is 5.21. The Morgan fingerprint density at radius 1 is 1.26 bits per heavy atom. The van der Waals surface area contributed by atoms with Crippen molar-refractivity contribution in [2.75, 3.05) is 6.54 Å². The molecule has 0 aliphatic heterocycles. The van der Waals surface area contributed by atoms with E-state index >= 15 is 0 Å². The molecule has 0 bridgehead atoms. The number of rotatable bonds is 6. The van der Waals surface area contributed by atoms with E-state index in [1.165, 1.54) is 6.08 Å². The van der Waals surface area contributed by atoms with Crippen LogP contribution in [0.2, 0.25) is 0 Å². The first kappa shape index (κ1) is 14.7. The average Bonchev–Trinajstić information content (AvgIpc) is 2.40. The summed E-state index contributed by atoms with van der Waals surface area (Å²) in [4.78, 5) is 22.6. The van der Waals surface area contributed by atoms with Gasteiger partial charge < -0.3 is 10.4 Å². The minimum absolute atomic E-state index is 0.0678. The lowest BCUT2D eigenvalue weighted by Crippen LogP contribution is -2.30. The summed E-state index contributed by atoms with van der Waals surface area (Å²) in [5.74, 6) is -2.00. The Kier molecular flexibility index (Phi) is 6.09. The van der Waals surface area contributed by atoms with Crippen molar-refractivity contribution in [2.45, 2.75) is 12.8 Å². The van der Waals surface area contributed by atoms with Crippen LogP contribution in [-0.2, 0) is 9.59 Å². The van der Waals surface area contributed by atoms with Crippen LogP contribution in [-0.4, -0.2) is 23.5 Å². The third-order valence-electron chi connectivity index (χ3n) is 2.53. The summed E-state index contributed by atoms with van der Waals surface area (Å²) < 4.78 is 0. The lowest BCUT2D eigenvalue weighted by atomic mass is 9.99. The van der Waals surface area contributed by atoms with E-state index in [0.717, 1.165) is 0 Å². The van der Waals surface area contributed by atoms with Crippen LogP contribution in [0.1, 0.15) is 18.4 Å². The molecule has 1 aromatic carbocycles. The molecule has 1 rings (SSSR count). The van der Waals surface area contributed by atoms with Gasteiger partial charge in [-0.3, -0.25) is 9.59 Å². The number of aliphatic carboxylic acids is 1. The third-order valence-corrected chi connectivity index (χ3v) is 2.53. The number of carbonyl (C=O) groups is 2. The van der Waals surface area contributed by atoms with Crippen molar-refractivity contribution < 1.29 is 14.7 Å². The molecule has 0 saturated carbocycles. The fourth-order valence-electron chi connectivity index (χ4n) is 1.55. The Hall–Kier alpha value is -2.36. The summed E-state index contributed by atoms with van der Waals surface area (Å²) in [6.07, 6.45) is 6.50. The highest BCUT2D eigenvalue weighted by molar-refractivity contribution is 5.88. The summed E-state index contributed by atoms with van der Waals surface area (Å²) in [5, 5.41) is 11.8. The monoisotopic (exact) mass is 259 g/mol. The number of carboxylic acid groups (broad SMARTS) is 1. The van der Waals surface area contributed by atoms with Crippen molar-refractivity contribution in [2.24, 2.45) is 0 Å². The standard InChI is InChI=1S/C15H17NO3/c1-2-3-5-10-14(17)16-11-13(15(18)19)12-8-6-4-7-9-12/h2-10,13H,11H2,1H3,(H,16,17)(H,18,19). The molecule has 4 nitrogen and oxygen atoms in total. The fraction of sp³-hybridized carbons (Fsp3) is 0.200. The Morgan fingerprint density at radius 3 is 2.53 bits per heavy atom. The SMILES string of the molecule is CC=CC=CC(=O)NCC(C(=O)O)c1ccccc1. The second kappa shape index (κ2) is 7.87. The van der Waals surface area contributed by atoms with Crippen LogP contribution in [0.15, 0.2) is 54.6 Å². The molecule has 0 spiro atoms. The number of hydrogen-bond donors (Lipinski definition) is 2. The summed E-state index contributed by atoms with van der Waals surface area (Å²) in [5.41, 5.74) is 0.674. The average molecular weight is 259 g/mol. The number of amides is 1. The van der Waals surface area contributed by atoms with E-state index in [4.69, 9.17) is 0 Å². The molecule has 19 heavy (non-hydrogen) atoms. The van der Waals surface area contributed by atoms with E-state index in [1.807, 2.05) is 13.0 Å². The van der Waals surface area contributed by atoms with Gasteiger partial charge >= 0.3 is 5.97 Å². The van der Waals surface area contributed by atoms with Crippen LogP contribution in [0.4, 0.5) is 0 Å². The molecule has 0 saturated heterocycles. The predicted molar refractivity (Wildman–Crippen MR) is 73.8 cm³/mol. The molecule has 0 heterocycles. The van der Waals surface area contributed by atoms with Crippen LogP contribution in [0.3, 0.4) is 0 Å². The molecule has 4 heteroatoms. The van der Waals surface area contributed by atoms with Crippen molar-refractivity contribution in [1.82, 2.24) is 5.32 Å². The van der Waals surface area contributed by atoms with Crippen LogP contribution >= 0.6 is 0 Å². The van der Waals surface area contributed by atoms with Crippen molar-refractivity contribution in [3.05, 3.63) is 60.2 Å². The molecular formula is C15H17NO3. The maximum atomic E-state index is 11.5. The molecule has 0 radical (unpaired) electrons. The Labute approximate surface area is 112 Å². The second-order valence-corrected chi connectivity index (χ2v) is 3.93. The largest absolute Gasteiger partial charge is 0.481 e. The molecule has 0 aliphatic rings. The van der Waals surface area contributed by atoms with Gasteiger partial charge in [0.25, 0.3) is 0 Å². The zero-order chi connectivity index (χ0) is 14.1. The molecule has 100 valence electrons. The summed E-state index contributed by atoms with van der Waals surface area (Å²) >= 11 is 0. The first-order chi connectivity index (χ1) is 9.15. The molecule has 1 aromatic rings. The number of carboxylic acids is 1. The van der Waals surface area contributed by atoms with Crippen molar-refractivity contribution >= 4 is 11.9 Å². The Bertz CT molecular complexity index is 477. The molecule has 0 fully saturated rings. The topological polar surface area (TPSA) is 66.4 Å². The lowest BCUT2D eigenvalue weighted by Gasteiger charge is -2.12. The quantitative estimate of drug-likeness (QED) is 0.607. The van der Waals surface area contributed by atoms with Crippen molar-refractivity contribution in [1.29, 1.82) is 0 Å². The first-order valence-electron chi connectivity index (χ1n) is 6.00. The van der Waals surface area contributed by atoms with Gasteiger partial charge in [-0.2, -0.15) is 0 Å². The van der Waals surface area contributed by atoms with E-state index in [9.17, 15) is 14.7 Å². The number of carbonyl (C=O) groups excluding carboxylic acids is 1. The highest BCUT2D eigenvalue weighted by atomic mass is 16.4. The molecule has 1 atom stereocenters. The van der Waals surface area contributed by atoms with Gasteiger partial charge in [0.05, 0.1) is 5.92 Å². The number of hydrogen-bond acceptors (Lipinski definition) is 2. The molecule has 0 aliphatic carbocycles. The highest BCUT2D eigenvalue weighted by Gasteiger charge is 2.19. The second-order valence-electron chi connectivity index (χ2n) is 3.93. The minimum atomic E-state index is -0.955. The molecule has 0 aromatic heterocycles. The van der Waals surface area contributed by atoms with Gasteiger partial charge in [0.2, 0.25) is 5.91 Å². The Balaban J connectivity index is 2.61. The van der Waals surface area contributed by atoms with E-state index < -0.39 is 11.9 Å². The lowest BCUT2D eigenvalue weighted by molar-refractivity contribution is -0.138. The van der Waals surface area contributed by atoms with Crippen LogP contribution < -0.4 is 5.32 Å². The zero-order valence-corrected chi connectivity index (χ0v) is 10.7. The fourth-order valence-corrected chi connectivity index (χ4v) is 1.55. The van der Waals surface area contributed by atoms with Gasteiger partial charge in [0, 0.05) is 12.6 Å². The van der Waals surface area contributed by atoms with Gasteiger partial charge in [0.1, 0.15) is 0 Å². The summed E-state index contributed by atoms with van der Waals surface area (Å²) in [6.45, 7) is 1.91. The predicted octanol–water partition coefficient (Wildman–Crippen LogP) is 2.10. The number of benzene rings is 1. The van der Waals surface area contributed by atoms with E-state index in [-0.39, 0.29) is 12.5 Å². The van der Waals surface area contributed by atoms with E-state index in [0.29, 0.717) is 5.56 Å². The van der Waals surface area contributed by atoms with Gasteiger partial charge in [-0.1, -0.05) is 48.6 Å². The van der Waals surface area contributed by atoms with Crippen LogP contribution in [0.5, 0.6) is 0 Å². The van der Waals surface area contributed by atoms with Gasteiger partial charge in [-0.25, -0.2) is 0 Å². The normalized spacial score (nSPS) is 12.7. The highest BCUT2D eigenvalue weighted by Crippen LogP contribution is 2.14. The van der Waals surface area contributed by atoms with Crippen molar-refractivity contribution in [3.8, 4) is 0 Å². The van der Waals surface area contributed by atoms with Crippen molar-refractivity contribution in [3.63, 3.8) is 0 Å². The summed E-state index contributed by atoms with van der Waals surface area (Å²) in [7, 11) is 0. The molecule has 1 amide bonds. The summed E-state index contributed by atoms with van der Waals surface area (Å²) in [6, 6.07) is 8.85. The van der Waals surface area contributed by atoms with Gasteiger partial charge in [0.15, 0.2) is 0 Å². The zero-order valence-electron chi connectivity index (χ0n) is 10.7. The maximum absolute atomic E-state index is 11.5. The van der Waals surface area contributed by atoms with E-state index in [1.54, 1.807) is 42.5 Å². The van der Waals surface area contributed by atoms with E-state index in [2.05, 4.69) is 5.32 Å². The Morgan fingerprint density at radius 2 is 1.95 bits per heavy atom. The van der Waals surface area contributed by atoms with Gasteiger partial charge in [-0.05, 0) is 12.5 Å². The minimum Gasteiger partial charge on any atom is -0.481 e. The number of nitrogens with one attached hydrogen (secondary N) is 1. The molecule has 1 unspecified atom stereocenters. The molecular weight excluding hydrogens is 242 g/mol. The smallest absolute Gasteiger partial charge is 0.312 e. The van der Waals surface area contributed by atoms with Crippen LogP contribution in [0.25, 0.3) is 0 Å².